The molecule has 2 aliphatic carbocycles. The lowest BCUT2D eigenvalue weighted by Gasteiger charge is -2.39. The molecule has 5 rings (SSSR count). The van der Waals surface area contributed by atoms with E-state index in [1.807, 2.05) is 11.6 Å². The molecule has 3 aliphatic rings. The molecule has 2 aromatic rings. The standard InChI is InChI=1S/C27H38N6O/c1-3-34-24-13-14-25(21(2)19-24)26(32-16-8-15-31(17-18-32)23-11-7-12-23)27-28-29-30-33(27)20-22-9-5-4-6-10-22/h4-6,9-10,13-14,19,21,23,25-26H,3,7-8,11-12,15-18,20H2,1-2H3. The molecule has 2 heterocycles. The normalized spacial score (nSPS) is 25.4. The second-order valence-electron chi connectivity index (χ2n) is 9.93. The molecule has 3 atom stereocenters. The van der Waals surface area contributed by atoms with Crippen LogP contribution in [-0.4, -0.2) is 68.8 Å². The quantitative estimate of drug-likeness (QED) is 0.590. The minimum absolute atomic E-state index is 0.130. The van der Waals surface area contributed by atoms with Gasteiger partial charge >= 0.3 is 0 Å². The number of hydrogen-bond donors (Lipinski definition) is 0. The Balaban J connectivity index is 1.42. The SMILES string of the molecule is CCOC1=CC(C)C(C(c2nnnn2Cc2ccccc2)N2CCCN(C3CCC3)CC2)C=C1. The van der Waals surface area contributed by atoms with Crippen LogP contribution in [0, 0.1) is 11.8 Å². The molecule has 0 spiro atoms. The smallest absolute Gasteiger partial charge is 0.169 e. The fourth-order valence-electron chi connectivity index (χ4n) is 5.69. The van der Waals surface area contributed by atoms with E-state index in [4.69, 9.17) is 4.74 Å². The number of aromatic nitrogens is 4. The highest BCUT2D eigenvalue weighted by molar-refractivity contribution is 5.23. The summed E-state index contributed by atoms with van der Waals surface area (Å²) in [6.45, 7) is 10.2. The molecule has 182 valence electrons. The van der Waals surface area contributed by atoms with Gasteiger partial charge in [-0.3, -0.25) is 9.80 Å². The van der Waals surface area contributed by atoms with Crippen LogP contribution in [0.3, 0.4) is 0 Å². The summed E-state index contributed by atoms with van der Waals surface area (Å²) < 4.78 is 7.82. The van der Waals surface area contributed by atoms with E-state index in [2.05, 4.69) is 80.8 Å². The van der Waals surface area contributed by atoms with Crippen molar-refractivity contribution in [3.63, 3.8) is 0 Å². The van der Waals surface area contributed by atoms with Gasteiger partial charge in [0, 0.05) is 31.6 Å². The summed E-state index contributed by atoms with van der Waals surface area (Å²) in [5.74, 6) is 2.57. The number of benzene rings is 1. The zero-order valence-electron chi connectivity index (χ0n) is 20.6. The summed E-state index contributed by atoms with van der Waals surface area (Å²) in [4.78, 5) is 5.37. The van der Waals surface area contributed by atoms with Crippen LogP contribution in [0.25, 0.3) is 0 Å². The third-order valence-corrected chi connectivity index (χ3v) is 7.74. The van der Waals surface area contributed by atoms with Crippen molar-refractivity contribution < 1.29 is 4.74 Å². The Bertz CT molecular complexity index is 982. The third kappa shape index (κ3) is 5.10. The lowest BCUT2D eigenvalue weighted by Crippen LogP contribution is -2.43. The van der Waals surface area contributed by atoms with E-state index in [1.54, 1.807) is 0 Å². The van der Waals surface area contributed by atoms with E-state index in [9.17, 15) is 0 Å². The van der Waals surface area contributed by atoms with Gasteiger partial charge in [-0.05, 0) is 66.8 Å². The van der Waals surface area contributed by atoms with Gasteiger partial charge in [0.15, 0.2) is 5.82 Å². The fourth-order valence-corrected chi connectivity index (χ4v) is 5.69. The molecule has 0 radical (unpaired) electrons. The number of allylic oxidation sites excluding steroid dienone is 2. The Hall–Kier alpha value is -2.51. The zero-order chi connectivity index (χ0) is 23.3. The van der Waals surface area contributed by atoms with E-state index >= 15 is 0 Å². The van der Waals surface area contributed by atoms with Crippen molar-refractivity contribution in [2.75, 3.05) is 32.8 Å². The van der Waals surface area contributed by atoms with Crippen LogP contribution < -0.4 is 0 Å². The maximum absolute atomic E-state index is 5.81. The molecule has 7 nitrogen and oxygen atoms in total. The molecule has 0 amide bonds. The van der Waals surface area contributed by atoms with Crippen LogP contribution >= 0.6 is 0 Å². The predicted molar refractivity (Wildman–Crippen MR) is 133 cm³/mol. The molecule has 34 heavy (non-hydrogen) atoms. The van der Waals surface area contributed by atoms with Gasteiger partial charge < -0.3 is 4.74 Å². The number of tetrazole rings is 1. The van der Waals surface area contributed by atoms with Crippen LogP contribution in [-0.2, 0) is 11.3 Å². The minimum atomic E-state index is 0.130. The van der Waals surface area contributed by atoms with Gasteiger partial charge in [0.2, 0.25) is 0 Å². The number of rotatable bonds is 8. The van der Waals surface area contributed by atoms with Crippen molar-refractivity contribution in [1.82, 2.24) is 30.0 Å². The summed E-state index contributed by atoms with van der Waals surface area (Å²) >= 11 is 0. The lowest BCUT2D eigenvalue weighted by molar-refractivity contribution is 0.110. The summed E-state index contributed by atoms with van der Waals surface area (Å²) in [5.41, 5.74) is 1.22. The molecule has 1 aliphatic heterocycles. The Labute approximate surface area is 203 Å². The summed E-state index contributed by atoms with van der Waals surface area (Å²) in [6, 6.07) is 11.4. The van der Waals surface area contributed by atoms with Crippen molar-refractivity contribution >= 4 is 0 Å². The molecule has 0 N–H and O–H groups in total. The molecule has 0 bridgehead atoms. The van der Waals surface area contributed by atoms with Gasteiger partial charge in [-0.1, -0.05) is 49.8 Å². The largest absolute Gasteiger partial charge is 0.494 e. The third-order valence-electron chi connectivity index (χ3n) is 7.74. The van der Waals surface area contributed by atoms with Crippen LogP contribution in [0.15, 0.2) is 54.3 Å². The summed E-state index contributed by atoms with van der Waals surface area (Å²) in [5, 5.41) is 13.2. The number of ether oxygens (including phenoxy) is 1. The first-order valence-corrected chi connectivity index (χ1v) is 13.0. The lowest BCUT2D eigenvalue weighted by atomic mass is 9.82. The Morgan fingerprint density at radius 2 is 1.91 bits per heavy atom. The van der Waals surface area contributed by atoms with Crippen LogP contribution in [0.5, 0.6) is 0 Å². The van der Waals surface area contributed by atoms with Crippen LogP contribution in [0.4, 0.5) is 0 Å². The average molecular weight is 463 g/mol. The first kappa shape index (κ1) is 23.2. The van der Waals surface area contributed by atoms with Gasteiger partial charge in [0.25, 0.3) is 0 Å². The topological polar surface area (TPSA) is 59.3 Å². The van der Waals surface area contributed by atoms with Gasteiger partial charge in [-0.25, -0.2) is 4.68 Å². The summed E-state index contributed by atoms with van der Waals surface area (Å²) in [6.07, 6.45) is 12.1. The molecule has 1 aromatic carbocycles. The Kier molecular flexibility index (Phi) is 7.40. The Morgan fingerprint density at radius 3 is 2.65 bits per heavy atom. The second kappa shape index (κ2) is 10.8. The molecule has 2 fully saturated rings. The molecule has 1 saturated carbocycles. The maximum Gasteiger partial charge on any atom is 0.169 e. The molecular formula is C27H38N6O. The molecule has 7 heteroatoms. The van der Waals surface area contributed by atoms with Gasteiger partial charge in [-0.15, -0.1) is 5.10 Å². The maximum atomic E-state index is 5.81. The predicted octanol–water partition coefficient (Wildman–Crippen LogP) is 4.07. The van der Waals surface area contributed by atoms with E-state index < -0.39 is 0 Å². The molecule has 3 unspecified atom stereocenters. The number of hydrogen-bond acceptors (Lipinski definition) is 6. The molecular weight excluding hydrogens is 424 g/mol. The van der Waals surface area contributed by atoms with Crippen molar-refractivity contribution in [1.29, 1.82) is 0 Å². The van der Waals surface area contributed by atoms with E-state index in [1.165, 1.54) is 37.8 Å². The number of nitrogens with zero attached hydrogens (tertiary/aromatic N) is 6. The van der Waals surface area contributed by atoms with E-state index in [0.29, 0.717) is 25.0 Å². The van der Waals surface area contributed by atoms with Crippen LogP contribution in [0.2, 0.25) is 0 Å². The monoisotopic (exact) mass is 462 g/mol. The minimum Gasteiger partial charge on any atom is -0.494 e. The van der Waals surface area contributed by atoms with Gasteiger partial charge in [-0.2, -0.15) is 0 Å². The molecule has 1 aromatic heterocycles. The van der Waals surface area contributed by atoms with Crippen molar-refractivity contribution in [2.45, 2.75) is 58.2 Å². The highest BCUT2D eigenvalue weighted by atomic mass is 16.5. The fraction of sp³-hybridized carbons (Fsp3) is 0.593. The molecule has 1 saturated heterocycles. The Morgan fingerprint density at radius 1 is 1.06 bits per heavy atom. The van der Waals surface area contributed by atoms with Crippen LogP contribution in [0.1, 0.15) is 57.0 Å². The first-order valence-electron chi connectivity index (χ1n) is 13.0. The van der Waals surface area contributed by atoms with Crippen molar-refractivity contribution in [3.05, 3.63) is 65.7 Å². The van der Waals surface area contributed by atoms with Crippen molar-refractivity contribution in [2.24, 2.45) is 11.8 Å². The first-order chi connectivity index (χ1) is 16.7. The zero-order valence-corrected chi connectivity index (χ0v) is 20.6. The highest BCUT2D eigenvalue weighted by Gasteiger charge is 2.37. The highest BCUT2D eigenvalue weighted by Crippen LogP contribution is 2.38. The van der Waals surface area contributed by atoms with Crippen molar-refractivity contribution in [3.8, 4) is 0 Å². The summed E-state index contributed by atoms with van der Waals surface area (Å²) in [7, 11) is 0. The second-order valence-corrected chi connectivity index (χ2v) is 9.93. The van der Waals surface area contributed by atoms with E-state index in [0.717, 1.165) is 37.3 Å². The van der Waals surface area contributed by atoms with E-state index in [-0.39, 0.29) is 6.04 Å². The average Bonchev–Trinajstić information content (AvgIpc) is 3.12. The van der Waals surface area contributed by atoms with Gasteiger partial charge in [0.05, 0.1) is 19.2 Å². The van der Waals surface area contributed by atoms with Gasteiger partial charge in [0.1, 0.15) is 5.76 Å².